The van der Waals surface area contributed by atoms with Gasteiger partial charge in [0.1, 0.15) is 6.33 Å². The van der Waals surface area contributed by atoms with Gasteiger partial charge in [-0.2, -0.15) is 0 Å². The lowest BCUT2D eigenvalue weighted by Gasteiger charge is -2.13. The summed E-state index contributed by atoms with van der Waals surface area (Å²) < 4.78 is 1.77. The number of hydrogen-bond donors (Lipinski definition) is 2. The monoisotopic (exact) mass is 378 g/mol. The smallest absolute Gasteiger partial charge is 0.251 e. The molecule has 0 aliphatic rings. The molecule has 3 aromatic rings. The van der Waals surface area contributed by atoms with Crippen molar-refractivity contribution in [3.05, 3.63) is 65.9 Å². The molecule has 144 valence electrons. The molecule has 2 amide bonds. The van der Waals surface area contributed by atoms with Crippen LogP contribution in [0.4, 0.5) is 0 Å². The van der Waals surface area contributed by atoms with E-state index in [4.69, 9.17) is 0 Å². The second-order valence-corrected chi connectivity index (χ2v) is 6.54. The largest absolute Gasteiger partial charge is 0.352 e. The molecule has 0 fully saturated rings. The van der Waals surface area contributed by atoms with Crippen molar-refractivity contribution in [2.45, 2.75) is 26.4 Å². The average molecular weight is 378 g/mol. The van der Waals surface area contributed by atoms with E-state index >= 15 is 0 Å². The van der Waals surface area contributed by atoms with E-state index in [-0.39, 0.29) is 17.9 Å². The van der Waals surface area contributed by atoms with E-state index in [1.54, 1.807) is 29.2 Å². The zero-order valence-electron chi connectivity index (χ0n) is 16.0. The summed E-state index contributed by atoms with van der Waals surface area (Å²) in [4.78, 5) is 28.1. The van der Waals surface area contributed by atoms with Gasteiger partial charge in [-0.25, -0.2) is 0 Å². The van der Waals surface area contributed by atoms with Crippen LogP contribution in [0.1, 0.15) is 41.6 Å². The van der Waals surface area contributed by atoms with E-state index in [0.717, 1.165) is 16.8 Å². The van der Waals surface area contributed by atoms with E-state index in [1.165, 1.54) is 6.92 Å². The predicted molar refractivity (Wildman–Crippen MR) is 104 cm³/mol. The van der Waals surface area contributed by atoms with Gasteiger partial charge in [0, 0.05) is 37.8 Å². The van der Waals surface area contributed by atoms with Crippen LogP contribution in [0.2, 0.25) is 0 Å². The molecular formula is C20H22N6O2. The third kappa shape index (κ3) is 4.59. The molecule has 28 heavy (non-hydrogen) atoms. The number of carbonyl (C=O) groups excluding carboxylic acids is 2. The van der Waals surface area contributed by atoms with Crippen molar-refractivity contribution in [2.75, 3.05) is 0 Å². The number of aryl methyl sites for hydroxylation is 1. The highest BCUT2D eigenvalue weighted by atomic mass is 16.2. The highest BCUT2D eigenvalue weighted by Gasteiger charge is 2.16. The standard InChI is InChI=1S/C20H22N6O2/c1-13(19-25-23-12-26(19)3)24-20(28)17-6-4-5-16(9-17)18-8-7-15(11-22-18)10-21-14(2)27/h4-9,11-13H,10H2,1-3H3,(H,21,27)(H,24,28). The summed E-state index contributed by atoms with van der Waals surface area (Å²) >= 11 is 0. The number of aromatic nitrogens is 4. The molecule has 2 aromatic heterocycles. The molecule has 0 radical (unpaired) electrons. The third-order valence-corrected chi connectivity index (χ3v) is 4.27. The summed E-state index contributed by atoms with van der Waals surface area (Å²) in [5, 5.41) is 13.5. The maximum Gasteiger partial charge on any atom is 0.251 e. The van der Waals surface area contributed by atoms with Gasteiger partial charge in [0.15, 0.2) is 5.82 Å². The molecule has 8 heteroatoms. The zero-order chi connectivity index (χ0) is 20.1. The highest BCUT2D eigenvalue weighted by Crippen LogP contribution is 2.19. The Hall–Kier alpha value is -3.55. The van der Waals surface area contributed by atoms with Crippen LogP contribution < -0.4 is 10.6 Å². The minimum atomic E-state index is -0.269. The first-order valence-electron chi connectivity index (χ1n) is 8.88. The molecule has 8 nitrogen and oxygen atoms in total. The van der Waals surface area contributed by atoms with E-state index in [0.29, 0.717) is 17.9 Å². The molecule has 3 rings (SSSR count). The van der Waals surface area contributed by atoms with Crippen molar-refractivity contribution >= 4 is 11.8 Å². The second-order valence-electron chi connectivity index (χ2n) is 6.54. The molecule has 0 aliphatic carbocycles. The predicted octanol–water partition coefficient (Wildman–Crippen LogP) is 2.00. The summed E-state index contributed by atoms with van der Waals surface area (Å²) in [6.45, 7) is 3.77. The van der Waals surface area contributed by atoms with Gasteiger partial charge in [0.05, 0.1) is 11.7 Å². The number of pyridine rings is 1. The number of hydrogen-bond acceptors (Lipinski definition) is 5. The van der Waals surface area contributed by atoms with E-state index in [9.17, 15) is 9.59 Å². The highest BCUT2D eigenvalue weighted by molar-refractivity contribution is 5.95. The lowest BCUT2D eigenvalue weighted by Crippen LogP contribution is -2.28. The fraction of sp³-hybridized carbons (Fsp3) is 0.250. The number of nitrogens with zero attached hydrogens (tertiary/aromatic N) is 4. The van der Waals surface area contributed by atoms with Gasteiger partial charge in [0.2, 0.25) is 5.91 Å². The molecule has 0 saturated heterocycles. The number of carbonyl (C=O) groups is 2. The Morgan fingerprint density at radius 3 is 2.68 bits per heavy atom. The van der Waals surface area contributed by atoms with Gasteiger partial charge in [-0.15, -0.1) is 10.2 Å². The Morgan fingerprint density at radius 1 is 1.21 bits per heavy atom. The van der Waals surface area contributed by atoms with Crippen molar-refractivity contribution in [1.29, 1.82) is 0 Å². The Bertz CT molecular complexity index is 980. The molecule has 1 aromatic carbocycles. The van der Waals surface area contributed by atoms with Gasteiger partial charge in [-0.3, -0.25) is 14.6 Å². The maximum atomic E-state index is 12.6. The third-order valence-electron chi connectivity index (χ3n) is 4.27. The van der Waals surface area contributed by atoms with E-state index in [2.05, 4.69) is 25.8 Å². The van der Waals surface area contributed by atoms with Crippen molar-refractivity contribution in [3.8, 4) is 11.3 Å². The zero-order valence-corrected chi connectivity index (χ0v) is 16.0. The first-order chi connectivity index (χ1) is 13.4. The maximum absolute atomic E-state index is 12.6. The van der Waals surface area contributed by atoms with Crippen molar-refractivity contribution in [1.82, 2.24) is 30.4 Å². The van der Waals surface area contributed by atoms with Crippen LogP contribution >= 0.6 is 0 Å². The van der Waals surface area contributed by atoms with Crippen LogP contribution in [0.25, 0.3) is 11.3 Å². The number of rotatable bonds is 6. The summed E-state index contributed by atoms with van der Waals surface area (Å²) in [5.41, 5.74) is 3.04. The van der Waals surface area contributed by atoms with Crippen molar-refractivity contribution in [2.24, 2.45) is 7.05 Å². The Balaban J connectivity index is 1.72. The SMILES string of the molecule is CC(=O)NCc1ccc(-c2cccc(C(=O)NC(C)c3nncn3C)c2)nc1. The number of amides is 2. The summed E-state index contributed by atoms with van der Waals surface area (Å²) in [5.74, 6) is 0.402. The minimum Gasteiger partial charge on any atom is -0.352 e. The molecule has 1 unspecified atom stereocenters. The van der Waals surface area contributed by atoms with Crippen LogP contribution in [0, 0.1) is 0 Å². The van der Waals surface area contributed by atoms with E-state index < -0.39 is 0 Å². The topological polar surface area (TPSA) is 102 Å². The molecule has 0 bridgehead atoms. The van der Waals surface area contributed by atoms with Gasteiger partial charge in [-0.1, -0.05) is 18.2 Å². The number of nitrogens with one attached hydrogen (secondary N) is 2. The van der Waals surface area contributed by atoms with Gasteiger partial charge >= 0.3 is 0 Å². The fourth-order valence-electron chi connectivity index (χ4n) is 2.77. The van der Waals surface area contributed by atoms with Crippen molar-refractivity contribution in [3.63, 3.8) is 0 Å². The first-order valence-corrected chi connectivity index (χ1v) is 8.88. The van der Waals surface area contributed by atoms with Crippen LogP contribution in [0.15, 0.2) is 48.9 Å². The van der Waals surface area contributed by atoms with Crippen LogP contribution in [-0.2, 0) is 18.4 Å². The normalized spacial score (nSPS) is 11.7. The summed E-state index contributed by atoms with van der Waals surface area (Å²) in [7, 11) is 1.83. The molecule has 1 atom stereocenters. The van der Waals surface area contributed by atoms with Crippen LogP contribution in [0.3, 0.4) is 0 Å². The molecular weight excluding hydrogens is 356 g/mol. The summed E-state index contributed by atoms with van der Waals surface area (Å²) in [6, 6.07) is 10.8. The van der Waals surface area contributed by atoms with Crippen LogP contribution in [-0.4, -0.2) is 31.6 Å². The van der Waals surface area contributed by atoms with Crippen molar-refractivity contribution < 1.29 is 9.59 Å². The van der Waals surface area contributed by atoms with Gasteiger partial charge < -0.3 is 15.2 Å². The van der Waals surface area contributed by atoms with E-state index in [1.807, 2.05) is 38.2 Å². The second kappa shape index (κ2) is 8.43. The Morgan fingerprint density at radius 2 is 2.04 bits per heavy atom. The lowest BCUT2D eigenvalue weighted by atomic mass is 10.1. The molecule has 0 spiro atoms. The molecule has 0 saturated carbocycles. The van der Waals surface area contributed by atoms with Gasteiger partial charge in [0.25, 0.3) is 5.91 Å². The number of benzene rings is 1. The first kappa shape index (κ1) is 19.2. The average Bonchev–Trinajstić information content (AvgIpc) is 3.13. The van der Waals surface area contributed by atoms with Crippen LogP contribution in [0.5, 0.6) is 0 Å². The molecule has 2 N–H and O–H groups in total. The molecule has 2 heterocycles. The molecule has 0 aliphatic heterocycles. The van der Waals surface area contributed by atoms with Gasteiger partial charge in [-0.05, 0) is 30.7 Å². The lowest BCUT2D eigenvalue weighted by molar-refractivity contribution is -0.119. The summed E-state index contributed by atoms with van der Waals surface area (Å²) in [6.07, 6.45) is 3.31. The Kier molecular flexibility index (Phi) is 5.78. The minimum absolute atomic E-state index is 0.0849. The quantitative estimate of drug-likeness (QED) is 0.683. The fourth-order valence-corrected chi connectivity index (χ4v) is 2.77. The Labute approximate surface area is 163 Å².